The Labute approximate surface area is 145 Å². The molecule has 0 N–H and O–H groups in total. The van der Waals surface area contributed by atoms with Gasteiger partial charge < -0.3 is 9.47 Å². The molecule has 0 bridgehead atoms. The van der Waals surface area contributed by atoms with Crippen molar-refractivity contribution in [3.05, 3.63) is 82.3 Å². The van der Waals surface area contributed by atoms with Gasteiger partial charge in [0.1, 0.15) is 5.82 Å². The van der Waals surface area contributed by atoms with E-state index < -0.39 is 0 Å². The summed E-state index contributed by atoms with van der Waals surface area (Å²) in [5.74, 6) is 1.09. The lowest BCUT2D eigenvalue weighted by Gasteiger charge is -2.13. The molecule has 0 fully saturated rings. The van der Waals surface area contributed by atoms with Crippen LogP contribution >= 0.6 is 15.9 Å². The van der Waals surface area contributed by atoms with E-state index in [0.717, 1.165) is 23.3 Å². The van der Waals surface area contributed by atoms with Gasteiger partial charge in [0.2, 0.25) is 0 Å². The van der Waals surface area contributed by atoms with E-state index in [2.05, 4.69) is 93.0 Å². The van der Waals surface area contributed by atoms with Crippen molar-refractivity contribution < 1.29 is 0 Å². The first-order chi connectivity index (χ1) is 11.1. The maximum atomic E-state index is 4.53. The highest BCUT2D eigenvalue weighted by Crippen LogP contribution is 2.16. The van der Waals surface area contributed by atoms with Gasteiger partial charge >= 0.3 is 0 Å². The summed E-state index contributed by atoms with van der Waals surface area (Å²) in [6, 6.07) is 17.1. The Morgan fingerprint density at radius 3 is 2.26 bits per heavy atom. The average Bonchev–Trinajstić information content (AvgIpc) is 2.97. The van der Waals surface area contributed by atoms with Crippen LogP contribution in [0.1, 0.15) is 17.0 Å². The van der Waals surface area contributed by atoms with E-state index in [0.29, 0.717) is 0 Å². The molecule has 0 saturated carbocycles. The molecule has 3 aromatic rings. The molecule has 0 unspecified atom stereocenters. The maximum absolute atomic E-state index is 4.53. The molecule has 4 heteroatoms. The second-order valence-electron chi connectivity index (χ2n) is 5.84. The number of hydrogen-bond acceptors (Lipinski definition) is 2. The van der Waals surface area contributed by atoms with Gasteiger partial charge in [-0.15, -0.1) is 0 Å². The van der Waals surface area contributed by atoms with Crippen LogP contribution in [0.3, 0.4) is 0 Å². The molecule has 2 aromatic carbocycles. The molecular formula is C19H20BrN3. The van der Waals surface area contributed by atoms with Crippen LogP contribution in [0, 0.1) is 0 Å². The first kappa shape index (κ1) is 15.8. The third-order valence-corrected chi connectivity index (χ3v) is 4.41. The zero-order valence-corrected chi connectivity index (χ0v) is 15.0. The van der Waals surface area contributed by atoms with Gasteiger partial charge in [0.05, 0.1) is 0 Å². The molecule has 0 radical (unpaired) electrons. The summed E-state index contributed by atoms with van der Waals surface area (Å²) in [7, 11) is 4.11. The van der Waals surface area contributed by atoms with Crippen LogP contribution in [0.15, 0.2) is 65.4 Å². The number of benzene rings is 2. The van der Waals surface area contributed by atoms with Crippen LogP contribution in [-0.2, 0) is 13.0 Å². The second kappa shape index (κ2) is 7.01. The molecule has 1 heterocycles. The lowest BCUT2D eigenvalue weighted by molar-refractivity contribution is 0.740. The molecule has 3 rings (SSSR count). The largest absolute Gasteiger partial charge is 0.378 e. The highest BCUT2D eigenvalue weighted by atomic mass is 79.9. The van der Waals surface area contributed by atoms with E-state index in [4.69, 9.17) is 0 Å². The fourth-order valence-electron chi connectivity index (χ4n) is 2.53. The highest BCUT2D eigenvalue weighted by Gasteiger charge is 2.06. The lowest BCUT2D eigenvalue weighted by Crippen LogP contribution is -2.08. The topological polar surface area (TPSA) is 21.1 Å². The highest BCUT2D eigenvalue weighted by molar-refractivity contribution is 9.10. The van der Waals surface area contributed by atoms with E-state index in [1.807, 2.05) is 12.4 Å². The Bertz CT molecular complexity index is 758. The second-order valence-corrected chi connectivity index (χ2v) is 6.75. The van der Waals surface area contributed by atoms with Crippen molar-refractivity contribution in [2.75, 3.05) is 19.0 Å². The number of rotatable bonds is 5. The third kappa shape index (κ3) is 4.02. The van der Waals surface area contributed by atoms with Gasteiger partial charge in [-0.25, -0.2) is 4.98 Å². The summed E-state index contributed by atoms with van der Waals surface area (Å²) in [6.45, 7) is 0.846. The van der Waals surface area contributed by atoms with E-state index in [1.54, 1.807) is 0 Å². The lowest BCUT2D eigenvalue weighted by atomic mass is 10.1. The van der Waals surface area contributed by atoms with Gasteiger partial charge in [-0.1, -0.05) is 40.2 Å². The van der Waals surface area contributed by atoms with Gasteiger partial charge in [-0.05, 0) is 35.4 Å². The number of aromatic nitrogens is 2. The number of halogens is 1. The summed E-state index contributed by atoms with van der Waals surface area (Å²) in [6.07, 6.45) is 4.77. The number of imidazole rings is 1. The van der Waals surface area contributed by atoms with E-state index in [1.165, 1.54) is 16.8 Å². The van der Waals surface area contributed by atoms with Crippen LogP contribution in [0.25, 0.3) is 0 Å². The molecule has 0 atom stereocenters. The molecule has 0 saturated heterocycles. The van der Waals surface area contributed by atoms with Crippen LogP contribution in [0.5, 0.6) is 0 Å². The molecule has 118 valence electrons. The van der Waals surface area contributed by atoms with Crippen LogP contribution in [-0.4, -0.2) is 23.6 Å². The first-order valence-corrected chi connectivity index (χ1v) is 8.42. The zero-order valence-electron chi connectivity index (χ0n) is 13.4. The monoisotopic (exact) mass is 369 g/mol. The van der Waals surface area contributed by atoms with E-state index in [-0.39, 0.29) is 0 Å². The standard InChI is InChI=1S/C19H20BrN3/c1-22(2)18-9-5-15(6-10-18)13-19-21-11-12-23(19)14-16-3-7-17(20)8-4-16/h3-12H,13-14H2,1-2H3. The minimum atomic E-state index is 0.844. The SMILES string of the molecule is CN(C)c1ccc(Cc2nccn2Cc2ccc(Br)cc2)cc1. The third-order valence-electron chi connectivity index (χ3n) is 3.88. The molecule has 0 aliphatic heterocycles. The number of nitrogens with zero attached hydrogens (tertiary/aromatic N) is 3. The fourth-order valence-corrected chi connectivity index (χ4v) is 2.80. The number of hydrogen-bond donors (Lipinski definition) is 0. The van der Waals surface area contributed by atoms with Crippen molar-refractivity contribution in [2.45, 2.75) is 13.0 Å². The number of anilines is 1. The molecule has 0 aliphatic rings. The van der Waals surface area contributed by atoms with Crippen LogP contribution in [0.4, 0.5) is 5.69 Å². The predicted molar refractivity (Wildman–Crippen MR) is 99.0 cm³/mol. The first-order valence-electron chi connectivity index (χ1n) is 7.62. The molecule has 0 aliphatic carbocycles. The Balaban J connectivity index is 1.74. The van der Waals surface area contributed by atoms with E-state index >= 15 is 0 Å². The Hall–Kier alpha value is -2.07. The van der Waals surface area contributed by atoms with Gasteiger partial charge in [0.25, 0.3) is 0 Å². The normalized spacial score (nSPS) is 10.7. The summed E-state index contributed by atoms with van der Waals surface area (Å²) in [5.41, 5.74) is 3.77. The van der Waals surface area contributed by atoms with Crippen molar-refractivity contribution in [1.82, 2.24) is 9.55 Å². The smallest absolute Gasteiger partial charge is 0.113 e. The van der Waals surface area contributed by atoms with Gasteiger partial charge in [0.15, 0.2) is 0 Å². The van der Waals surface area contributed by atoms with E-state index in [9.17, 15) is 0 Å². The van der Waals surface area contributed by atoms with Gasteiger partial charge in [0, 0.05) is 49.6 Å². The van der Waals surface area contributed by atoms with Crippen LogP contribution in [0.2, 0.25) is 0 Å². The van der Waals surface area contributed by atoms with Crippen molar-refractivity contribution in [1.29, 1.82) is 0 Å². The average molecular weight is 370 g/mol. The minimum Gasteiger partial charge on any atom is -0.378 e. The van der Waals surface area contributed by atoms with Crippen molar-refractivity contribution in [3.63, 3.8) is 0 Å². The Morgan fingerprint density at radius 1 is 0.957 bits per heavy atom. The summed E-state index contributed by atoms with van der Waals surface area (Å²) < 4.78 is 3.32. The molecule has 1 aromatic heterocycles. The molecule has 0 spiro atoms. The fraction of sp³-hybridized carbons (Fsp3) is 0.211. The zero-order chi connectivity index (χ0) is 16.2. The van der Waals surface area contributed by atoms with Crippen molar-refractivity contribution >= 4 is 21.6 Å². The summed E-state index contributed by atoms with van der Waals surface area (Å²) >= 11 is 3.48. The van der Waals surface area contributed by atoms with Gasteiger partial charge in [-0.2, -0.15) is 0 Å². The van der Waals surface area contributed by atoms with Gasteiger partial charge in [-0.3, -0.25) is 0 Å². The van der Waals surface area contributed by atoms with Crippen molar-refractivity contribution in [2.24, 2.45) is 0 Å². The summed E-state index contributed by atoms with van der Waals surface area (Å²) in [4.78, 5) is 6.64. The minimum absolute atomic E-state index is 0.844. The molecule has 3 nitrogen and oxygen atoms in total. The molecular weight excluding hydrogens is 350 g/mol. The Kier molecular flexibility index (Phi) is 4.82. The molecule has 23 heavy (non-hydrogen) atoms. The summed E-state index contributed by atoms with van der Waals surface area (Å²) in [5, 5.41) is 0. The Morgan fingerprint density at radius 2 is 1.61 bits per heavy atom. The maximum Gasteiger partial charge on any atom is 0.113 e. The predicted octanol–water partition coefficient (Wildman–Crippen LogP) is 4.35. The quantitative estimate of drug-likeness (QED) is 0.666. The van der Waals surface area contributed by atoms with Crippen LogP contribution < -0.4 is 4.90 Å². The molecule has 0 amide bonds. The van der Waals surface area contributed by atoms with Crippen molar-refractivity contribution in [3.8, 4) is 0 Å².